The molecule has 0 saturated carbocycles. The summed E-state index contributed by atoms with van der Waals surface area (Å²) in [7, 11) is 1.62. The number of benzene rings is 3. The number of nitrogens with one attached hydrogen (secondary N) is 1. The molecule has 0 atom stereocenters. The molecule has 0 aliphatic rings. The van der Waals surface area contributed by atoms with E-state index in [2.05, 4.69) is 4.98 Å². The van der Waals surface area contributed by atoms with Crippen LogP contribution in [0.2, 0.25) is 0 Å². The molecule has 0 radical (unpaired) electrons. The van der Waals surface area contributed by atoms with Crippen molar-refractivity contribution in [2.45, 2.75) is 12.8 Å². The van der Waals surface area contributed by atoms with Gasteiger partial charge >= 0.3 is 0 Å². The smallest absolute Gasteiger partial charge is 0.184 e. The monoisotopic (exact) mass is 439 g/mol. The molecule has 166 valence electrons. The van der Waals surface area contributed by atoms with Crippen LogP contribution in [0.5, 0.6) is 5.75 Å². The molecule has 0 saturated heterocycles. The third kappa shape index (κ3) is 5.27. The van der Waals surface area contributed by atoms with Crippen molar-refractivity contribution >= 4 is 11.6 Å². The minimum Gasteiger partial charge on any atom is -0.497 e. The zero-order valence-corrected chi connectivity index (χ0v) is 18.4. The van der Waals surface area contributed by atoms with E-state index in [1.807, 2.05) is 84.9 Å². The Kier molecular flexibility index (Phi) is 6.81. The summed E-state index contributed by atoms with van der Waals surface area (Å²) in [6, 6.07) is 26.9. The number of ketones is 2. The number of H-pyrrole nitrogens is 1. The maximum Gasteiger partial charge on any atom is 0.184 e. The van der Waals surface area contributed by atoms with Crippen LogP contribution < -0.4 is 4.74 Å². The Morgan fingerprint density at radius 1 is 0.818 bits per heavy atom. The van der Waals surface area contributed by atoms with E-state index >= 15 is 0 Å². The highest BCUT2D eigenvalue weighted by molar-refractivity contribution is 6.03. The standard InChI is InChI=1S/C28H25NO4/c1-33-24-12-10-21(11-13-24)25-17-26(22-8-3-2-4-9-22)29-28(25)27(32)16-20-7-5-6-19(14-20)15-23(31)18-30/h2-14,17,29-30H,15-16,18H2,1H3. The second-order valence-electron chi connectivity index (χ2n) is 7.86. The molecule has 1 heterocycles. The summed E-state index contributed by atoms with van der Waals surface area (Å²) in [4.78, 5) is 28.3. The Hall–Kier alpha value is -3.96. The Morgan fingerprint density at radius 2 is 1.52 bits per heavy atom. The molecule has 3 aromatic carbocycles. The summed E-state index contributed by atoms with van der Waals surface area (Å²) in [5.41, 5.74) is 5.75. The van der Waals surface area contributed by atoms with Gasteiger partial charge in [-0.15, -0.1) is 0 Å². The van der Waals surface area contributed by atoms with Gasteiger partial charge in [-0.3, -0.25) is 9.59 Å². The van der Waals surface area contributed by atoms with Crippen molar-refractivity contribution in [2.75, 3.05) is 13.7 Å². The molecule has 1 aromatic heterocycles. The topological polar surface area (TPSA) is 79.4 Å². The van der Waals surface area contributed by atoms with Crippen molar-refractivity contribution in [1.29, 1.82) is 0 Å². The Labute approximate surface area is 192 Å². The predicted molar refractivity (Wildman–Crippen MR) is 128 cm³/mol. The average Bonchev–Trinajstić information content (AvgIpc) is 3.30. The number of carbonyl (C=O) groups is 2. The van der Waals surface area contributed by atoms with Crippen LogP contribution in [0.3, 0.4) is 0 Å². The fourth-order valence-electron chi connectivity index (χ4n) is 3.85. The van der Waals surface area contributed by atoms with Crippen LogP contribution in [0.15, 0.2) is 84.9 Å². The maximum atomic E-state index is 13.4. The second kappa shape index (κ2) is 10.1. The quantitative estimate of drug-likeness (QED) is 0.364. The normalized spacial score (nSPS) is 10.7. The van der Waals surface area contributed by atoms with E-state index in [4.69, 9.17) is 9.84 Å². The summed E-state index contributed by atoms with van der Waals surface area (Å²) < 4.78 is 5.27. The number of rotatable bonds is 9. The highest BCUT2D eigenvalue weighted by atomic mass is 16.5. The molecule has 0 bridgehead atoms. The highest BCUT2D eigenvalue weighted by Gasteiger charge is 2.18. The van der Waals surface area contributed by atoms with Crippen LogP contribution >= 0.6 is 0 Å². The zero-order valence-electron chi connectivity index (χ0n) is 18.4. The van der Waals surface area contributed by atoms with Gasteiger partial charge in [-0.25, -0.2) is 0 Å². The first-order valence-corrected chi connectivity index (χ1v) is 10.7. The molecule has 0 aliphatic carbocycles. The molecular weight excluding hydrogens is 414 g/mol. The van der Waals surface area contributed by atoms with Crippen LogP contribution in [0.4, 0.5) is 0 Å². The van der Waals surface area contributed by atoms with Crippen molar-refractivity contribution in [3.8, 4) is 28.1 Å². The van der Waals surface area contributed by atoms with Crippen LogP contribution in [0, 0.1) is 0 Å². The number of aromatic nitrogens is 1. The number of hydrogen-bond donors (Lipinski definition) is 2. The van der Waals surface area contributed by atoms with Crippen molar-refractivity contribution < 1.29 is 19.4 Å². The number of ether oxygens (including phenoxy) is 1. The van der Waals surface area contributed by atoms with Crippen molar-refractivity contribution in [1.82, 2.24) is 4.98 Å². The lowest BCUT2D eigenvalue weighted by atomic mass is 9.98. The number of hydrogen-bond acceptors (Lipinski definition) is 4. The molecule has 0 aliphatic heterocycles. The van der Waals surface area contributed by atoms with Gasteiger partial charge in [0.05, 0.1) is 12.8 Å². The maximum absolute atomic E-state index is 13.4. The third-order valence-electron chi connectivity index (χ3n) is 5.52. The summed E-state index contributed by atoms with van der Waals surface area (Å²) in [6.45, 7) is -0.487. The Bertz CT molecular complexity index is 1260. The molecule has 0 amide bonds. The molecule has 4 rings (SSSR count). The van der Waals surface area contributed by atoms with Gasteiger partial charge in [0, 0.05) is 24.1 Å². The number of aliphatic hydroxyl groups is 1. The first-order chi connectivity index (χ1) is 16.1. The lowest BCUT2D eigenvalue weighted by Gasteiger charge is -2.07. The zero-order chi connectivity index (χ0) is 23.2. The fourth-order valence-corrected chi connectivity index (χ4v) is 3.85. The third-order valence-corrected chi connectivity index (χ3v) is 5.52. The Balaban J connectivity index is 1.68. The molecule has 33 heavy (non-hydrogen) atoms. The van der Waals surface area contributed by atoms with E-state index in [1.165, 1.54) is 0 Å². The molecule has 0 fully saturated rings. The van der Waals surface area contributed by atoms with Gasteiger partial charge in [-0.2, -0.15) is 0 Å². The molecule has 4 aromatic rings. The summed E-state index contributed by atoms with van der Waals surface area (Å²) in [6.07, 6.45) is 0.343. The first kappa shape index (κ1) is 22.2. The summed E-state index contributed by atoms with van der Waals surface area (Å²) in [5, 5.41) is 9.01. The lowest BCUT2D eigenvalue weighted by Crippen LogP contribution is -2.09. The van der Waals surface area contributed by atoms with Crippen molar-refractivity contribution in [2.24, 2.45) is 0 Å². The van der Waals surface area contributed by atoms with E-state index in [0.29, 0.717) is 5.69 Å². The SMILES string of the molecule is COc1ccc(-c2cc(-c3ccccc3)[nH]c2C(=O)Cc2cccc(CC(=O)CO)c2)cc1. The van der Waals surface area contributed by atoms with Crippen LogP contribution in [0.25, 0.3) is 22.4 Å². The molecule has 0 spiro atoms. The van der Waals surface area contributed by atoms with E-state index < -0.39 is 6.61 Å². The predicted octanol–water partition coefficient (Wildman–Crippen LogP) is 4.89. The largest absolute Gasteiger partial charge is 0.497 e. The average molecular weight is 440 g/mol. The molecule has 2 N–H and O–H groups in total. The number of aliphatic hydroxyl groups excluding tert-OH is 1. The van der Waals surface area contributed by atoms with Gasteiger partial charge in [0.2, 0.25) is 0 Å². The molecule has 5 heteroatoms. The minimum absolute atomic E-state index is 0.0476. The number of aromatic amines is 1. The molecule has 5 nitrogen and oxygen atoms in total. The minimum atomic E-state index is -0.487. The van der Waals surface area contributed by atoms with Gasteiger partial charge in [0.15, 0.2) is 11.6 Å². The van der Waals surface area contributed by atoms with Crippen molar-refractivity contribution in [3.05, 3.63) is 102 Å². The summed E-state index contributed by atoms with van der Waals surface area (Å²) >= 11 is 0. The Morgan fingerprint density at radius 3 is 2.18 bits per heavy atom. The van der Waals surface area contributed by atoms with Gasteiger partial charge in [-0.05, 0) is 40.5 Å². The summed E-state index contributed by atoms with van der Waals surface area (Å²) in [5.74, 6) is 0.449. The molecular formula is C28H25NO4. The second-order valence-corrected chi connectivity index (χ2v) is 7.86. The number of methoxy groups -OCH3 is 1. The van der Waals surface area contributed by atoms with Gasteiger partial charge in [0.1, 0.15) is 12.4 Å². The van der Waals surface area contributed by atoms with Crippen LogP contribution in [-0.2, 0) is 17.6 Å². The van der Waals surface area contributed by atoms with Gasteiger partial charge < -0.3 is 14.8 Å². The van der Waals surface area contributed by atoms with E-state index in [9.17, 15) is 9.59 Å². The fraction of sp³-hybridized carbons (Fsp3) is 0.143. The van der Waals surface area contributed by atoms with Crippen LogP contribution in [0.1, 0.15) is 21.6 Å². The highest BCUT2D eigenvalue weighted by Crippen LogP contribution is 2.31. The number of Topliss-reactive ketones (excluding diaryl/α,β-unsaturated/α-hetero) is 2. The lowest BCUT2D eigenvalue weighted by molar-refractivity contribution is -0.121. The van der Waals surface area contributed by atoms with Crippen LogP contribution in [-0.4, -0.2) is 35.4 Å². The van der Waals surface area contributed by atoms with E-state index in [1.54, 1.807) is 7.11 Å². The van der Waals surface area contributed by atoms with Gasteiger partial charge in [0.25, 0.3) is 0 Å². The first-order valence-electron chi connectivity index (χ1n) is 10.7. The van der Waals surface area contributed by atoms with Gasteiger partial charge in [-0.1, -0.05) is 66.7 Å². The van der Waals surface area contributed by atoms with E-state index in [0.717, 1.165) is 39.3 Å². The van der Waals surface area contributed by atoms with Crippen molar-refractivity contribution in [3.63, 3.8) is 0 Å². The number of carbonyl (C=O) groups excluding carboxylic acids is 2. The molecule has 0 unspecified atom stereocenters. The van der Waals surface area contributed by atoms with E-state index in [-0.39, 0.29) is 24.4 Å².